The summed E-state index contributed by atoms with van der Waals surface area (Å²) >= 11 is 0. The number of aryl methyl sites for hydroxylation is 1. The Balaban J connectivity index is 1.79. The number of hydrogen-bond donors (Lipinski definition) is 1. The smallest absolute Gasteiger partial charge is 0.259 e. The number of rotatable bonds is 7. The topological polar surface area (TPSA) is 89.9 Å². The van der Waals surface area contributed by atoms with E-state index in [9.17, 15) is 0 Å². The number of fused-ring (bicyclic) bond motifs is 1. The van der Waals surface area contributed by atoms with E-state index >= 15 is 0 Å². The molecule has 1 saturated carbocycles. The molecule has 1 unspecified atom stereocenters. The van der Waals surface area contributed by atoms with Crippen molar-refractivity contribution >= 4 is 11.1 Å². The number of pyridine rings is 1. The van der Waals surface area contributed by atoms with E-state index in [1.807, 2.05) is 7.05 Å². The van der Waals surface area contributed by atoms with E-state index in [4.69, 9.17) is 9.05 Å². The van der Waals surface area contributed by atoms with Crippen LogP contribution < -0.4 is 5.32 Å². The Bertz CT molecular complexity index is 881. The number of aromatic nitrogens is 4. The third-order valence-corrected chi connectivity index (χ3v) is 4.70. The molecule has 0 aliphatic heterocycles. The van der Waals surface area contributed by atoms with Gasteiger partial charge in [-0.1, -0.05) is 23.7 Å². The molecule has 7 nitrogen and oxygen atoms in total. The second kappa shape index (κ2) is 6.55. The average molecular weight is 341 g/mol. The summed E-state index contributed by atoms with van der Waals surface area (Å²) in [4.78, 5) is 9.27. The molecule has 1 fully saturated rings. The fourth-order valence-electron chi connectivity index (χ4n) is 3.02. The van der Waals surface area contributed by atoms with Gasteiger partial charge in [-0.05, 0) is 39.3 Å². The molecule has 0 saturated heterocycles. The van der Waals surface area contributed by atoms with Gasteiger partial charge in [0.05, 0.1) is 16.6 Å². The Morgan fingerprint density at radius 1 is 1.24 bits per heavy atom. The zero-order chi connectivity index (χ0) is 17.4. The van der Waals surface area contributed by atoms with Crippen LogP contribution in [0.4, 0.5) is 0 Å². The van der Waals surface area contributed by atoms with Crippen molar-refractivity contribution in [3.05, 3.63) is 23.3 Å². The van der Waals surface area contributed by atoms with E-state index < -0.39 is 0 Å². The summed E-state index contributed by atoms with van der Waals surface area (Å²) in [5.41, 5.74) is 3.41. The summed E-state index contributed by atoms with van der Waals surface area (Å²) in [6, 6.07) is 2.37. The highest BCUT2D eigenvalue weighted by Crippen LogP contribution is 2.42. The Hall–Kier alpha value is -2.28. The van der Waals surface area contributed by atoms with Crippen LogP contribution in [0.1, 0.15) is 56.2 Å². The zero-order valence-corrected chi connectivity index (χ0v) is 14.9. The summed E-state index contributed by atoms with van der Waals surface area (Å²) < 4.78 is 11.1. The second-order valence-corrected chi connectivity index (χ2v) is 6.84. The van der Waals surface area contributed by atoms with Crippen LogP contribution in [0.15, 0.2) is 15.1 Å². The SMILES string of the molecule is CCCc1noc2nc(C3CC3)cc(-c3nc(CC(C)NC)no3)c12. The average Bonchev–Trinajstić information content (AvgIpc) is 3.25. The first-order chi connectivity index (χ1) is 12.2. The predicted molar refractivity (Wildman–Crippen MR) is 93.3 cm³/mol. The lowest BCUT2D eigenvalue weighted by molar-refractivity contribution is 0.418. The molecule has 3 aromatic heterocycles. The lowest BCUT2D eigenvalue weighted by Gasteiger charge is -2.05. The minimum absolute atomic E-state index is 0.288. The molecular formula is C18H23N5O2. The largest absolute Gasteiger partial charge is 0.336 e. The standard InChI is InChI=1S/C18H23N5O2/c1-4-5-13-16-12(17-21-15(23-24-17)8-10(2)19-3)9-14(11-6-7-11)20-18(16)25-22-13/h9-11,19H,4-8H2,1-3H3. The highest BCUT2D eigenvalue weighted by Gasteiger charge is 2.29. The van der Waals surface area contributed by atoms with Gasteiger partial charge >= 0.3 is 0 Å². The molecule has 1 aliphatic rings. The molecule has 1 atom stereocenters. The summed E-state index contributed by atoms with van der Waals surface area (Å²) in [5.74, 6) is 1.73. The monoisotopic (exact) mass is 341 g/mol. The number of nitrogens with zero attached hydrogens (tertiary/aromatic N) is 4. The fraction of sp³-hybridized carbons (Fsp3) is 0.556. The fourth-order valence-corrected chi connectivity index (χ4v) is 3.02. The normalized spacial score (nSPS) is 15.8. The van der Waals surface area contributed by atoms with Gasteiger partial charge in [0.25, 0.3) is 11.6 Å². The van der Waals surface area contributed by atoms with E-state index in [0.29, 0.717) is 23.3 Å². The minimum atomic E-state index is 0.288. The Labute approximate surface area is 146 Å². The van der Waals surface area contributed by atoms with Gasteiger partial charge in [-0.2, -0.15) is 4.98 Å². The molecule has 1 aliphatic carbocycles. The van der Waals surface area contributed by atoms with E-state index in [-0.39, 0.29) is 6.04 Å². The maximum Gasteiger partial charge on any atom is 0.259 e. The van der Waals surface area contributed by atoms with E-state index in [1.54, 1.807) is 0 Å². The molecule has 0 amide bonds. The van der Waals surface area contributed by atoms with Gasteiger partial charge in [0, 0.05) is 24.1 Å². The first kappa shape index (κ1) is 16.2. The summed E-state index contributed by atoms with van der Waals surface area (Å²) in [6.07, 6.45) is 4.88. The van der Waals surface area contributed by atoms with Crippen LogP contribution in [0, 0.1) is 0 Å². The van der Waals surface area contributed by atoms with Crippen molar-refractivity contribution in [1.29, 1.82) is 0 Å². The van der Waals surface area contributed by atoms with Crippen LogP contribution in [0.25, 0.3) is 22.6 Å². The molecule has 0 aromatic carbocycles. The van der Waals surface area contributed by atoms with Crippen LogP contribution >= 0.6 is 0 Å². The van der Waals surface area contributed by atoms with Crippen LogP contribution in [0.2, 0.25) is 0 Å². The van der Waals surface area contributed by atoms with Gasteiger partial charge in [0.15, 0.2) is 5.82 Å². The van der Waals surface area contributed by atoms with Gasteiger partial charge < -0.3 is 14.4 Å². The highest BCUT2D eigenvalue weighted by molar-refractivity contribution is 5.91. The third-order valence-electron chi connectivity index (χ3n) is 4.70. The molecule has 3 aromatic rings. The van der Waals surface area contributed by atoms with Crippen molar-refractivity contribution in [2.75, 3.05) is 7.05 Å². The first-order valence-electron chi connectivity index (χ1n) is 8.99. The first-order valence-corrected chi connectivity index (χ1v) is 8.99. The maximum atomic E-state index is 5.58. The molecule has 0 radical (unpaired) electrons. The molecule has 132 valence electrons. The molecule has 0 spiro atoms. The molecular weight excluding hydrogens is 318 g/mol. The minimum Gasteiger partial charge on any atom is -0.336 e. The highest BCUT2D eigenvalue weighted by atomic mass is 16.5. The van der Waals surface area contributed by atoms with Gasteiger partial charge in [0.1, 0.15) is 0 Å². The van der Waals surface area contributed by atoms with Crippen LogP contribution in [0.3, 0.4) is 0 Å². The van der Waals surface area contributed by atoms with Crippen molar-refractivity contribution < 1.29 is 9.05 Å². The third kappa shape index (κ3) is 3.16. The summed E-state index contributed by atoms with van der Waals surface area (Å²) in [5, 5.41) is 12.5. The van der Waals surface area contributed by atoms with E-state index in [0.717, 1.165) is 41.6 Å². The van der Waals surface area contributed by atoms with Gasteiger partial charge in [-0.3, -0.25) is 0 Å². The van der Waals surface area contributed by atoms with Crippen LogP contribution in [-0.2, 0) is 12.8 Å². The van der Waals surface area contributed by atoms with Crippen molar-refractivity contribution in [2.24, 2.45) is 0 Å². The zero-order valence-electron chi connectivity index (χ0n) is 14.9. The van der Waals surface area contributed by atoms with Gasteiger partial charge in [-0.15, -0.1) is 0 Å². The Kier molecular flexibility index (Phi) is 4.25. The Morgan fingerprint density at radius 2 is 2.08 bits per heavy atom. The lowest BCUT2D eigenvalue weighted by atomic mass is 10.1. The maximum absolute atomic E-state index is 5.58. The Morgan fingerprint density at radius 3 is 2.80 bits per heavy atom. The molecule has 7 heteroatoms. The van der Waals surface area contributed by atoms with Crippen molar-refractivity contribution in [3.63, 3.8) is 0 Å². The van der Waals surface area contributed by atoms with Gasteiger partial charge in [0.2, 0.25) is 0 Å². The number of likely N-dealkylation sites (N-methyl/N-ethyl adjacent to an activating group) is 1. The van der Waals surface area contributed by atoms with Gasteiger partial charge in [-0.25, -0.2) is 4.98 Å². The molecule has 25 heavy (non-hydrogen) atoms. The second-order valence-electron chi connectivity index (χ2n) is 6.84. The quantitative estimate of drug-likeness (QED) is 0.705. The number of nitrogens with one attached hydrogen (secondary N) is 1. The van der Waals surface area contributed by atoms with Crippen molar-refractivity contribution in [1.82, 2.24) is 25.6 Å². The predicted octanol–water partition coefficient (Wildman–Crippen LogP) is 3.25. The molecule has 0 bridgehead atoms. The molecule has 4 rings (SSSR count). The van der Waals surface area contributed by atoms with Crippen LogP contribution in [-0.4, -0.2) is 33.4 Å². The van der Waals surface area contributed by atoms with Crippen molar-refractivity contribution in [2.45, 2.75) is 57.9 Å². The molecule has 3 heterocycles. The lowest BCUT2D eigenvalue weighted by Crippen LogP contribution is -2.24. The summed E-state index contributed by atoms with van der Waals surface area (Å²) in [7, 11) is 1.92. The summed E-state index contributed by atoms with van der Waals surface area (Å²) in [6.45, 7) is 4.21. The van der Waals surface area contributed by atoms with E-state index in [1.165, 1.54) is 12.8 Å². The number of hydrogen-bond acceptors (Lipinski definition) is 7. The van der Waals surface area contributed by atoms with Crippen molar-refractivity contribution in [3.8, 4) is 11.5 Å². The molecule has 1 N–H and O–H groups in total. The van der Waals surface area contributed by atoms with Crippen LogP contribution in [0.5, 0.6) is 0 Å². The van der Waals surface area contributed by atoms with E-state index in [2.05, 4.69) is 45.5 Å².